The molecule has 0 aromatic carbocycles. The van der Waals surface area contributed by atoms with Gasteiger partial charge in [-0.2, -0.15) is 0 Å². The molecule has 0 saturated heterocycles. The second-order valence-electron chi connectivity index (χ2n) is 2.89. The number of halogens is 1. The summed E-state index contributed by atoms with van der Waals surface area (Å²) in [7, 11) is 1.37. The van der Waals surface area contributed by atoms with Gasteiger partial charge in [0.2, 0.25) is 0 Å². The Morgan fingerprint density at radius 3 is 3.00 bits per heavy atom. The van der Waals surface area contributed by atoms with Crippen LogP contribution in [0.15, 0.2) is 17.4 Å². The Bertz CT molecular complexity index is 349. The molecule has 0 aliphatic rings. The van der Waals surface area contributed by atoms with Gasteiger partial charge in [0.05, 0.1) is 25.9 Å². The normalized spacial score (nSPS) is 12.2. The van der Waals surface area contributed by atoms with E-state index in [4.69, 9.17) is 11.6 Å². The maximum absolute atomic E-state index is 11.0. The summed E-state index contributed by atoms with van der Waals surface area (Å²) in [5.74, 6) is -0.231. The fourth-order valence-electron chi connectivity index (χ4n) is 0.948. The van der Waals surface area contributed by atoms with Crippen molar-refractivity contribution in [2.24, 2.45) is 0 Å². The van der Waals surface area contributed by atoms with Crippen LogP contribution in [0, 0.1) is 0 Å². The third kappa shape index (κ3) is 4.48. The van der Waals surface area contributed by atoms with Crippen LogP contribution < -0.4 is 0 Å². The van der Waals surface area contributed by atoms with Crippen molar-refractivity contribution in [3.05, 3.63) is 17.5 Å². The molecule has 0 aliphatic carbocycles. The smallest absolute Gasteiger partial charge is 0.306 e. The number of carbonyl (C=O) groups excluding carboxylic acids is 1. The van der Waals surface area contributed by atoms with Gasteiger partial charge in [-0.3, -0.25) is 9.78 Å². The van der Waals surface area contributed by atoms with Crippen LogP contribution in [-0.4, -0.2) is 28.3 Å². The van der Waals surface area contributed by atoms with Crippen LogP contribution in [0.1, 0.15) is 13.3 Å². The van der Waals surface area contributed by atoms with Gasteiger partial charge in [0, 0.05) is 5.25 Å². The molecule has 0 bridgehead atoms. The average Bonchev–Trinajstić information content (AvgIpc) is 2.17. The van der Waals surface area contributed by atoms with Crippen molar-refractivity contribution >= 4 is 29.3 Å². The van der Waals surface area contributed by atoms with E-state index < -0.39 is 0 Å². The Morgan fingerprint density at radius 2 is 2.40 bits per heavy atom. The first kappa shape index (κ1) is 12.3. The lowest BCUT2D eigenvalue weighted by Crippen LogP contribution is -2.08. The maximum atomic E-state index is 11.0. The fourth-order valence-corrected chi connectivity index (χ4v) is 2.05. The second-order valence-corrected chi connectivity index (χ2v) is 4.73. The molecule has 0 fully saturated rings. The Balaban J connectivity index is 2.51. The summed E-state index contributed by atoms with van der Waals surface area (Å²) in [4.78, 5) is 18.9. The molecule has 6 heteroatoms. The van der Waals surface area contributed by atoms with E-state index in [9.17, 15) is 4.79 Å². The zero-order valence-corrected chi connectivity index (χ0v) is 10.0. The van der Waals surface area contributed by atoms with Crippen molar-refractivity contribution in [2.75, 3.05) is 7.11 Å². The Labute approximate surface area is 97.4 Å². The molecule has 1 aromatic rings. The summed E-state index contributed by atoms with van der Waals surface area (Å²) >= 11 is 7.13. The minimum atomic E-state index is -0.231. The van der Waals surface area contributed by atoms with E-state index in [1.807, 2.05) is 6.92 Å². The van der Waals surface area contributed by atoms with Crippen molar-refractivity contribution in [3.63, 3.8) is 0 Å². The molecule has 82 valence electrons. The molecule has 1 unspecified atom stereocenters. The van der Waals surface area contributed by atoms with E-state index in [2.05, 4.69) is 14.7 Å². The highest BCUT2D eigenvalue weighted by molar-refractivity contribution is 7.99. The monoisotopic (exact) mass is 246 g/mol. The number of thioether (sulfide) groups is 1. The Morgan fingerprint density at radius 1 is 1.67 bits per heavy atom. The number of methoxy groups -OCH3 is 1. The molecule has 15 heavy (non-hydrogen) atoms. The number of esters is 1. The van der Waals surface area contributed by atoms with Crippen LogP contribution in [0.2, 0.25) is 5.15 Å². The van der Waals surface area contributed by atoms with Crippen molar-refractivity contribution in [2.45, 2.75) is 23.6 Å². The molecule has 0 N–H and O–H groups in total. The van der Waals surface area contributed by atoms with Gasteiger partial charge in [-0.1, -0.05) is 18.5 Å². The van der Waals surface area contributed by atoms with Gasteiger partial charge in [-0.15, -0.1) is 11.8 Å². The lowest BCUT2D eigenvalue weighted by atomic mass is 10.3. The third-order valence-electron chi connectivity index (χ3n) is 1.59. The summed E-state index contributed by atoms with van der Waals surface area (Å²) in [6, 6.07) is 0. The zero-order valence-electron chi connectivity index (χ0n) is 8.44. The van der Waals surface area contributed by atoms with E-state index in [1.165, 1.54) is 25.1 Å². The van der Waals surface area contributed by atoms with Gasteiger partial charge in [0.1, 0.15) is 10.2 Å². The topological polar surface area (TPSA) is 52.1 Å². The highest BCUT2D eigenvalue weighted by atomic mass is 35.5. The van der Waals surface area contributed by atoms with Crippen LogP contribution >= 0.6 is 23.4 Å². The zero-order chi connectivity index (χ0) is 11.3. The lowest BCUT2D eigenvalue weighted by Gasteiger charge is -2.08. The first-order valence-electron chi connectivity index (χ1n) is 4.33. The third-order valence-corrected chi connectivity index (χ3v) is 2.78. The van der Waals surface area contributed by atoms with E-state index in [0.29, 0.717) is 16.6 Å². The van der Waals surface area contributed by atoms with Crippen molar-refractivity contribution in [3.8, 4) is 0 Å². The van der Waals surface area contributed by atoms with E-state index in [-0.39, 0.29) is 11.2 Å². The van der Waals surface area contributed by atoms with Crippen LogP contribution in [0.3, 0.4) is 0 Å². The number of nitrogens with zero attached hydrogens (tertiary/aromatic N) is 2. The van der Waals surface area contributed by atoms with Crippen molar-refractivity contribution in [1.29, 1.82) is 0 Å². The quantitative estimate of drug-likeness (QED) is 0.602. The largest absolute Gasteiger partial charge is 0.469 e. The fraction of sp³-hybridized carbons (Fsp3) is 0.444. The number of hydrogen-bond acceptors (Lipinski definition) is 5. The second kappa shape index (κ2) is 5.92. The summed E-state index contributed by atoms with van der Waals surface area (Å²) in [6.45, 7) is 1.92. The van der Waals surface area contributed by atoms with Crippen LogP contribution in [0.4, 0.5) is 0 Å². The number of aromatic nitrogens is 2. The summed E-state index contributed by atoms with van der Waals surface area (Å²) in [5.41, 5.74) is 0. The molecule has 0 amide bonds. The number of rotatable bonds is 4. The highest BCUT2D eigenvalue weighted by Crippen LogP contribution is 2.23. The SMILES string of the molecule is COC(=O)CC(C)Sc1cncc(Cl)n1. The molecule has 1 heterocycles. The minimum Gasteiger partial charge on any atom is -0.469 e. The van der Waals surface area contributed by atoms with Gasteiger partial charge in [0.15, 0.2) is 0 Å². The number of ether oxygens (including phenoxy) is 1. The number of hydrogen-bond donors (Lipinski definition) is 0. The van der Waals surface area contributed by atoms with E-state index in [0.717, 1.165) is 0 Å². The predicted octanol–water partition coefficient (Wildman–Crippen LogP) is 2.17. The molecular weight excluding hydrogens is 236 g/mol. The van der Waals surface area contributed by atoms with Gasteiger partial charge >= 0.3 is 5.97 Å². The van der Waals surface area contributed by atoms with Gasteiger partial charge in [-0.05, 0) is 0 Å². The molecule has 1 aromatic heterocycles. The molecule has 4 nitrogen and oxygen atoms in total. The average molecular weight is 247 g/mol. The van der Waals surface area contributed by atoms with Crippen LogP contribution in [0.5, 0.6) is 0 Å². The highest BCUT2D eigenvalue weighted by Gasteiger charge is 2.11. The summed E-state index contributed by atoms with van der Waals surface area (Å²) in [6.07, 6.45) is 3.43. The van der Waals surface area contributed by atoms with E-state index >= 15 is 0 Å². The summed E-state index contributed by atoms with van der Waals surface area (Å²) in [5, 5.41) is 1.15. The summed E-state index contributed by atoms with van der Waals surface area (Å²) < 4.78 is 4.57. The molecule has 0 aliphatic heterocycles. The van der Waals surface area contributed by atoms with Crippen molar-refractivity contribution < 1.29 is 9.53 Å². The van der Waals surface area contributed by atoms with Crippen LogP contribution in [0.25, 0.3) is 0 Å². The van der Waals surface area contributed by atoms with Gasteiger partial charge < -0.3 is 4.74 Å². The lowest BCUT2D eigenvalue weighted by molar-refractivity contribution is -0.140. The minimum absolute atomic E-state index is 0.0882. The number of carbonyl (C=O) groups is 1. The molecule has 0 saturated carbocycles. The van der Waals surface area contributed by atoms with Crippen LogP contribution in [-0.2, 0) is 9.53 Å². The predicted molar refractivity (Wildman–Crippen MR) is 59.0 cm³/mol. The Hall–Kier alpha value is -0.810. The van der Waals surface area contributed by atoms with Crippen molar-refractivity contribution in [1.82, 2.24) is 9.97 Å². The molecule has 0 spiro atoms. The molecule has 1 rings (SSSR count). The Kier molecular flexibility index (Phi) is 4.84. The van der Waals surface area contributed by atoms with E-state index in [1.54, 1.807) is 6.20 Å². The maximum Gasteiger partial charge on any atom is 0.306 e. The molecular formula is C9H11ClN2O2S. The first-order chi connectivity index (χ1) is 7.11. The first-order valence-corrected chi connectivity index (χ1v) is 5.58. The molecule has 0 radical (unpaired) electrons. The standard InChI is InChI=1S/C9H11ClN2O2S/c1-6(3-9(13)14-2)15-8-5-11-4-7(10)12-8/h4-6H,3H2,1-2H3. The molecule has 1 atom stereocenters. The van der Waals surface area contributed by atoms with Gasteiger partial charge in [-0.25, -0.2) is 4.98 Å². The van der Waals surface area contributed by atoms with Gasteiger partial charge in [0.25, 0.3) is 0 Å².